The average molecular weight is 245 g/mol. The summed E-state index contributed by atoms with van der Waals surface area (Å²) in [5.74, 6) is -1.55. The van der Waals surface area contributed by atoms with Gasteiger partial charge in [-0.25, -0.2) is 4.79 Å². The highest BCUT2D eigenvalue weighted by Gasteiger charge is 2.14. The molecule has 1 aromatic heterocycles. The maximum absolute atomic E-state index is 11.2. The Morgan fingerprint density at radius 1 is 1.56 bits per heavy atom. The number of halogens is 1. The predicted molar refractivity (Wildman–Crippen MR) is 56.0 cm³/mol. The summed E-state index contributed by atoms with van der Waals surface area (Å²) < 4.78 is 9.43. The fraction of sp³-hybridized carbons (Fsp3) is 0.200. The van der Waals surface area contributed by atoms with Crippen LogP contribution in [-0.2, 0) is 14.3 Å². The molecule has 1 aromatic rings. The van der Waals surface area contributed by atoms with Gasteiger partial charge in [-0.3, -0.25) is 4.79 Å². The van der Waals surface area contributed by atoms with E-state index in [0.717, 1.165) is 0 Å². The number of methoxy groups -OCH3 is 1. The van der Waals surface area contributed by atoms with Gasteiger partial charge in [-0.1, -0.05) is 0 Å². The van der Waals surface area contributed by atoms with Gasteiger partial charge in [0.25, 0.3) is 0 Å². The SMILES string of the molecule is COC(=O)/C(=C/c1ccc(Cl)o1)CC(=O)O. The number of carbonyl (C=O) groups is 2. The second-order valence-electron chi connectivity index (χ2n) is 2.87. The van der Waals surface area contributed by atoms with Crippen molar-refractivity contribution in [1.29, 1.82) is 0 Å². The Balaban J connectivity index is 2.95. The molecule has 0 aliphatic carbocycles. The Kier molecular flexibility index (Phi) is 4.13. The molecule has 16 heavy (non-hydrogen) atoms. The first kappa shape index (κ1) is 12.3. The molecule has 0 fully saturated rings. The van der Waals surface area contributed by atoms with Crippen LogP contribution in [0.4, 0.5) is 0 Å². The van der Waals surface area contributed by atoms with E-state index in [1.54, 1.807) is 0 Å². The van der Waals surface area contributed by atoms with Crippen molar-refractivity contribution in [3.8, 4) is 0 Å². The summed E-state index contributed by atoms with van der Waals surface area (Å²) in [4.78, 5) is 21.8. The van der Waals surface area contributed by atoms with Crippen LogP contribution in [0.2, 0.25) is 5.22 Å². The summed E-state index contributed by atoms with van der Waals surface area (Å²) in [5.41, 5.74) is -0.0129. The van der Waals surface area contributed by atoms with Crippen LogP contribution in [0.1, 0.15) is 12.2 Å². The molecule has 0 aliphatic rings. The zero-order valence-corrected chi connectivity index (χ0v) is 9.15. The quantitative estimate of drug-likeness (QED) is 0.647. The lowest BCUT2D eigenvalue weighted by Gasteiger charge is -2.01. The summed E-state index contributed by atoms with van der Waals surface area (Å²) in [5, 5.41) is 8.76. The molecular weight excluding hydrogens is 236 g/mol. The predicted octanol–water partition coefficient (Wildman–Crippen LogP) is 1.96. The second kappa shape index (κ2) is 5.37. The van der Waals surface area contributed by atoms with E-state index >= 15 is 0 Å². The number of aliphatic carboxylic acids is 1. The van der Waals surface area contributed by atoms with Gasteiger partial charge in [0, 0.05) is 0 Å². The molecule has 0 saturated heterocycles. The molecule has 1 rings (SSSR count). The summed E-state index contributed by atoms with van der Waals surface area (Å²) >= 11 is 5.53. The van der Waals surface area contributed by atoms with Crippen molar-refractivity contribution in [3.05, 3.63) is 28.7 Å². The number of carboxylic acids is 1. The van der Waals surface area contributed by atoms with E-state index in [4.69, 9.17) is 21.1 Å². The van der Waals surface area contributed by atoms with Gasteiger partial charge in [-0.15, -0.1) is 0 Å². The lowest BCUT2D eigenvalue weighted by Crippen LogP contribution is -2.09. The third-order valence-electron chi connectivity index (χ3n) is 1.70. The van der Waals surface area contributed by atoms with Crippen LogP contribution in [0.5, 0.6) is 0 Å². The third-order valence-corrected chi connectivity index (χ3v) is 1.90. The van der Waals surface area contributed by atoms with Crippen LogP contribution in [0.3, 0.4) is 0 Å². The maximum atomic E-state index is 11.2. The van der Waals surface area contributed by atoms with E-state index in [-0.39, 0.29) is 10.8 Å². The number of hydrogen-bond acceptors (Lipinski definition) is 4. The molecule has 6 heteroatoms. The number of carbonyl (C=O) groups excluding carboxylic acids is 1. The zero-order valence-electron chi connectivity index (χ0n) is 8.40. The highest BCUT2D eigenvalue weighted by atomic mass is 35.5. The minimum Gasteiger partial charge on any atom is -0.481 e. The van der Waals surface area contributed by atoms with Crippen LogP contribution in [0.15, 0.2) is 22.1 Å². The summed E-state index contributed by atoms with van der Waals surface area (Å²) in [7, 11) is 1.17. The molecule has 0 unspecified atom stereocenters. The fourth-order valence-electron chi connectivity index (χ4n) is 1.05. The smallest absolute Gasteiger partial charge is 0.334 e. The molecule has 0 spiro atoms. The van der Waals surface area contributed by atoms with Gasteiger partial charge < -0.3 is 14.3 Å². The van der Waals surface area contributed by atoms with Crippen molar-refractivity contribution in [2.75, 3.05) is 7.11 Å². The molecule has 0 atom stereocenters. The van der Waals surface area contributed by atoms with E-state index in [1.165, 1.54) is 25.3 Å². The summed E-state index contributed by atoms with van der Waals surface area (Å²) in [6.45, 7) is 0. The lowest BCUT2D eigenvalue weighted by atomic mass is 10.1. The average Bonchev–Trinajstić information content (AvgIpc) is 2.61. The molecule has 1 N–H and O–H groups in total. The Hall–Kier alpha value is -1.75. The molecule has 0 aliphatic heterocycles. The van der Waals surface area contributed by atoms with E-state index in [1.807, 2.05) is 0 Å². The second-order valence-corrected chi connectivity index (χ2v) is 3.25. The van der Waals surface area contributed by atoms with Crippen LogP contribution in [0.25, 0.3) is 6.08 Å². The zero-order chi connectivity index (χ0) is 12.1. The normalized spacial score (nSPS) is 11.2. The number of ether oxygens (including phenoxy) is 1. The minimum absolute atomic E-state index is 0.0129. The van der Waals surface area contributed by atoms with E-state index in [9.17, 15) is 9.59 Å². The monoisotopic (exact) mass is 244 g/mol. The van der Waals surface area contributed by atoms with E-state index in [0.29, 0.717) is 5.76 Å². The van der Waals surface area contributed by atoms with Gasteiger partial charge >= 0.3 is 11.9 Å². The molecule has 0 amide bonds. The standard InChI is InChI=1S/C10H9ClO5/c1-15-10(14)6(5-9(12)13)4-7-2-3-8(11)16-7/h2-4H,5H2,1H3,(H,12,13)/b6-4+. The molecule has 0 radical (unpaired) electrons. The number of hydrogen-bond donors (Lipinski definition) is 1. The first-order valence-corrected chi connectivity index (χ1v) is 4.66. The number of carboxylic acid groups (broad SMARTS) is 1. The Morgan fingerprint density at radius 3 is 2.69 bits per heavy atom. The number of esters is 1. The molecule has 0 saturated carbocycles. The molecule has 0 aromatic carbocycles. The number of furan rings is 1. The highest BCUT2D eigenvalue weighted by molar-refractivity contribution is 6.28. The first-order chi connectivity index (χ1) is 7.52. The summed E-state index contributed by atoms with van der Waals surface area (Å²) in [6.07, 6.45) is 0.844. The van der Waals surface area contributed by atoms with Crippen LogP contribution in [-0.4, -0.2) is 24.2 Å². The fourth-order valence-corrected chi connectivity index (χ4v) is 1.21. The Morgan fingerprint density at radius 2 is 2.25 bits per heavy atom. The van der Waals surface area contributed by atoms with Gasteiger partial charge in [0.15, 0.2) is 5.22 Å². The Bertz CT molecular complexity index is 432. The molecule has 1 heterocycles. The van der Waals surface area contributed by atoms with Crippen molar-refractivity contribution in [2.45, 2.75) is 6.42 Å². The lowest BCUT2D eigenvalue weighted by molar-refractivity contribution is -0.141. The van der Waals surface area contributed by atoms with E-state index in [2.05, 4.69) is 4.74 Å². The third kappa shape index (κ3) is 3.43. The Labute approximate surface area is 96.3 Å². The highest BCUT2D eigenvalue weighted by Crippen LogP contribution is 2.17. The minimum atomic E-state index is -1.13. The van der Waals surface area contributed by atoms with Gasteiger partial charge in [-0.05, 0) is 29.8 Å². The number of rotatable bonds is 4. The largest absolute Gasteiger partial charge is 0.481 e. The maximum Gasteiger partial charge on any atom is 0.334 e. The van der Waals surface area contributed by atoms with Crippen molar-refractivity contribution < 1.29 is 23.8 Å². The molecule has 86 valence electrons. The van der Waals surface area contributed by atoms with Gasteiger partial charge in [0.1, 0.15) is 5.76 Å². The van der Waals surface area contributed by atoms with E-state index < -0.39 is 18.4 Å². The van der Waals surface area contributed by atoms with Crippen LogP contribution in [0, 0.1) is 0 Å². The summed E-state index contributed by atoms with van der Waals surface area (Å²) in [6, 6.07) is 3.01. The van der Waals surface area contributed by atoms with Gasteiger partial charge in [0.05, 0.1) is 19.1 Å². The van der Waals surface area contributed by atoms with Crippen molar-refractivity contribution >= 4 is 29.6 Å². The molecular formula is C10H9ClO5. The van der Waals surface area contributed by atoms with Crippen LogP contribution >= 0.6 is 11.6 Å². The first-order valence-electron chi connectivity index (χ1n) is 4.29. The molecule has 0 bridgehead atoms. The van der Waals surface area contributed by atoms with Gasteiger partial charge in [0.2, 0.25) is 0 Å². The van der Waals surface area contributed by atoms with Crippen molar-refractivity contribution in [1.82, 2.24) is 0 Å². The van der Waals surface area contributed by atoms with Gasteiger partial charge in [-0.2, -0.15) is 0 Å². The van der Waals surface area contributed by atoms with Crippen molar-refractivity contribution in [2.24, 2.45) is 0 Å². The van der Waals surface area contributed by atoms with Crippen LogP contribution < -0.4 is 0 Å². The molecule has 5 nitrogen and oxygen atoms in total. The van der Waals surface area contributed by atoms with Crippen molar-refractivity contribution in [3.63, 3.8) is 0 Å². The topological polar surface area (TPSA) is 76.7 Å².